The van der Waals surface area contributed by atoms with Gasteiger partial charge in [0, 0.05) is 24.9 Å². The van der Waals surface area contributed by atoms with Crippen LogP contribution < -0.4 is 5.32 Å². The van der Waals surface area contributed by atoms with E-state index in [1.807, 2.05) is 0 Å². The number of hydrogen-bond donors (Lipinski definition) is 1. The van der Waals surface area contributed by atoms with Crippen molar-refractivity contribution in [2.45, 2.75) is 0 Å². The molecule has 48 valence electrons. The molecule has 1 nitrogen and oxygen atoms in total. The van der Waals surface area contributed by atoms with Gasteiger partial charge in [0.15, 0.2) is 0 Å². The molecule has 3 fully saturated rings. The number of piperidine rings is 2. The smallest absolute Gasteiger partial charge is 0.0140 e. The first-order valence-corrected chi connectivity index (χ1v) is 3.39. The number of nitrogens with one attached hydrogen (secondary N) is 1. The molecule has 2 saturated heterocycles. The second-order valence-electron chi connectivity index (χ2n) is 2.91. The summed E-state index contributed by atoms with van der Waals surface area (Å²) in [6.45, 7) is 10.1. The fourth-order valence-corrected chi connectivity index (χ4v) is 1.76. The summed E-state index contributed by atoms with van der Waals surface area (Å²) in [4.78, 5) is 0. The molecule has 0 aromatic heterocycles. The van der Waals surface area contributed by atoms with Crippen LogP contribution in [0.1, 0.15) is 0 Å². The first-order chi connectivity index (χ1) is 4.30. The van der Waals surface area contributed by atoms with Crippen LogP contribution in [0.15, 0.2) is 24.3 Å². The predicted octanol–water partition coefficient (Wildman–Crippen LogP) is 0.948. The van der Waals surface area contributed by atoms with Crippen LogP contribution in [0.2, 0.25) is 0 Å². The third-order valence-corrected chi connectivity index (χ3v) is 2.49. The molecule has 0 spiro atoms. The molecule has 2 heterocycles. The molecule has 1 aliphatic carbocycles. The minimum absolute atomic E-state index is 0.615. The molecule has 2 bridgehead atoms. The third-order valence-electron chi connectivity index (χ3n) is 2.49. The molecule has 3 aliphatic rings. The summed E-state index contributed by atoms with van der Waals surface area (Å²) in [5, 5.41) is 3.32. The summed E-state index contributed by atoms with van der Waals surface area (Å²) >= 11 is 0. The van der Waals surface area contributed by atoms with E-state index in [0.717, 1.165) is 13.1 Å². The van der Waals surface area contributed by atoms with Crippen molar-refractivity contribution in [3.63, 3.8) is 0 Å². The van der Waals surface area contributed by atoms with E-state index in [2.05, 4.69) is 18.5 Å². The van der Waals surface area contributed by atoms with Gasteiger partial charge in [0.05, 0.1) is 0 Å². The molecule has 3 rings (SSSR count). The van der Waals surface area contributed by atoms with Crippen LogP contribution in [0, 0.1) is 11.8 Å². The van der Waals surface area contributed by atoms with Crippen molar-refractivity contribution in [2.75, 3.05) is 13.1 Å². The van der Waals surface area contributed by atoms with Crippen molar-refractivity contribution in [3.05, 3.63) is 24.3 Å². The van der Waals surface area contributed by atoms with E-state index in [-0.39, 0.29) is 0 Å². The summed E-state index contributed by atoms with van der Waals surface area (Å²) in [6, 6.07) is 0. The van der Waals surface area contributed by atoms with Crippen molar-refractivity contribution < 1.29 is 0 Å². The molecule has 1 N–H and O–H groups in total. The molecule has 9 heavy (non-hydrogen) atoms. The van der Waals surface area contributed by atoms with Crippen LogP contribution in [0.4, 0.5) is 0 Å². The van der Waals surface area contributed by atoms with Crippen LogP contribution >= 0.6 is 0 Å². The van der Waals surface area contributed by atoms with Crippen LogP contribution in [0.25, 0.3) is 0 Å². The van der Waals surface area contributed by atoms with E-state index in [0.29, 0.717) is 11.8 Å². The van der Waals surface area contributed by atoms with E-state index >= 15 is 0 Å². The lowest BCUT2D eigenvalue weighted by Crippen LogP contribution is -2.49. The maximum atomic E-state index is 3.99. The Morgan fingerprint density at radius 3 is 1.78 bits per heavy atom. The molecule has 0 aromatic rings. The van der Waals surface area contributed by atoms with Crippen LogP contribution in [-0.2, 0) is 0 Å². The summed E-state index contributed by atoms with van der Waals surface area (Å²) in [5.41, 5.74) is 2.80. The van der Waals surface area contributed by atoms with Gasteiger partial charge in [-0.25, -0.2) is 0 Å². The maximum Gasteiger partial charge on any atom is 0.0140 e. The summed E-state index contributed by atoms with van der Waals surface area (Å²) in [7, 11) is 0. The van der Waals surface area contributed by atoms with E-state index < -0.39 is 0 Å². The molecule has 0 radical (unpaired) electrons. The van der Waals surface area contributed by atoms with Gasteiger partial charge in [-0.3, -0.25) is 0 Å². The maximum absolute atomic E-state index is 3.99. The Morgan fingerprint density at radius 1 is 1.11 bits per heavy atom. The van der Waals surface area contributed by atoms with E-state index in [4.69, 9.17) is 0 Å². The third kappa shape index (κ3) is 0.479. The molecule has 1 saturated carbocycles. The van der Waals surface area contributed by atoms with Gasteiger partial charge in [-0.2, -0.15) is 0 Å². The number of rotatable bonds is 0. The van der Waals surface area contributed by atoms with Crippen molar-refractivity contribution in [3.8, 4) is 0 Å². The van der Waals surface area contributed by atoms with Crippen LogP contribution in [-0.4, -0.2) is 13.1 Å². The van der Waals surface area contributed by atoms with Gasteiger partial charge in [0.2, 0.25) is 0 Å². The Morgan fingerprint density at radius 2 is 1.56 bits per heavy atom. The number of fused-ring (bicyclic) bond motifs is 2. The lowest BCUT2D eigenvalue weighted by molar-refractivity contribution is 0.346. The number of hydrogen-bond acceptors (Lipinski definition) is 1. The zero-order chi connectivity index (χ0) is 6.43. The van der Waals surface area contributed by atoms with Gasteiger partial charge in [0.1, 0.15) is 0 Å². The van der Waals surface area contributed by atoms with E-state index in [1.54, 1.807) is 0 Å². The highest BCUT2D eigenvalue weighted by atomic mass is 14.9. The Labute approximate surface area is 55.5 Å². The topological polar surface area (TPSA) is 12.0 Å². The SMILES string of the molecule is C=C1C2CNCC1C2=C. The highest BCUT2D eigenvalue weighted by Crippen LogP contribution is 2.44. The molecule has 1 heteroatoms. The molecule has 2 aliphatic heterocycles. The van der Waals surface area contributed by atoms with Crippen molar-refractivity contribution >= 4 is 0 Å². The molecular formula is C8H11N. The van der Waals surface area contributed by atoms with Gasteiger partial charge in [-0.05, 0) is 0 Å². The minimum atomic E-state index is 0.615. The van der Waals surface area contributed by atoms with Gasteiger partial charge in [-0.1, -0.05) is 24.3 Å². The Hall–Kier alpha value is -0.560. The Balaban J connectivity index is 2.26. The van der Waals surface area contributed by atoms with E-state index in [9.17, 15) is 0 Å². The zero-order valence-electron chi connectivity index (χ0n) is 5.48. The highest BCUT2D eigenvalue weighted by molar-refractivity contribution is 5.40. The molecule has 0 unspecified atom stereocenters. The Kier molecular flexibility index (Phi) is 0.862. The summed E-state index contributed by atoms with van der Waals surface area (Å²) < 4.78 is 0. The van der Waals surface area contributed by atoms with E-state index in [1.165, 1.54) is 11.1 Å². The van der Waals surface area contributed by atoms with Crippen molar-refractivity contribution in [1.82, 2.24) is 5.32 Å². The molecule has 0 aromatic carbocycles. The standard InChI is InChI=1S/C8H11N/c1-5-7-3-9-4-8(5)6(7)2/h7-9H,1-4H2. The van der Waals surface area contributed by atoms with Gasteiger partial charge >= 0.3 is 0 Å². The molecule has 0 amide bonds. The fourth-order valence-electron chi connectivity index (χ4n) is 1.76. The highest BCUT2D eigenvalue weighted by Gasteiger charge is 2.40. The quantitative estimate of drug-likeness (QED) is 0.470. The first kappa shape index (κ1) is 5.24. The summed E-state index contributed by atoms with van der Waals surface area (Å²) in [5.74, 6) is 1.23. The average molecular weight is 121 g/mol. The Bertz CT molecular complexity index is 149. The van der Waals surface area contributed by atoms with Crippen molar-refractivity contribution in [2.24, 2.45) is 11.8 Å². The largest absolute Gasteiger partial charge is 0.315 e. The van der Waals surface area contributed by atoms with Gasteiger partial charge in [-0.15, -0.1) is 0 Å². The predicted molar refractivity (Wildman–Crippen MR) is 38.1 cm³/mol. The first-order valence-electron chi connectivity index (χ1n) is 3.39. The fraction of sp³-hybridized carbons (Fsp3) is 0.500. The lowest BCUT2D eigenvalue weighted by atomic mass is 9.64. The second kappa shape index (κ2) is 1.48. The normalized spacial score (nSPS) is 40.4. The molecule has 0 atom stereocenters. The van der Waals surface area contributed by atoms with Crippen molar-refractivity contribution in [1.29, 1.82) is 0 Å². The monoisotopic (exact) mass is 121 g/mol. The molecular weight excluding hydrogens is 110 g/mol. The zero-order valence-corrected chi connectivity index (χ0v) is 5.48. The summed E-state index contributed by atoms with van der Waals surface area (Å²) in [6.07, 6.45) is 0. The van der Waals surface area contributed by atoms with Crippen LogP contribution in [0.3, 0.4) is 0 Å². The van der Waals surface area contributed by atoms with Crippen LogP contribution in [0.5, 0.6) is 0 Å². The second-order valence-corrected chi connectivity index (χ2v) is 2.91. The minimum Gasteiger partial charge on any atom is -0.315 e. The van der Waals surface area contributed by atoms with Gasteiger partial charge < -0.3 is 5.32 Å². The van der Waals surface area contributed by atoms with Gasteiger partial charge in [0.25, 0.3) is 0 Å². The average Bonchev–Trinajstić information content (AvgIpc) is 1.91. The lowest BCUT2D eigenvalue weighted by Gasteiger charge is -2.46.